The Morgan fingerprint density at radius 1 is 1.05 bits per heavy atom. The number of anilines is 1. The number of nitrogens with zero attached hydrogens (tertiary/aromatic N) is 2. The van der Waals surface area contributed by atoms with E-state index in [1.54, 1.807) is 12.4 Å². The summed E-state index contributed by atoms with van der Waals surface area (Å²) in [6, 6.07) is 14.6. The van der Waals surface area contributed by atoms with Crippen molar-refractivity contribution in [2.24, 2.45) is 5.73 Å². The number of carboxylic acids is 1. The standard InChI is InChI=1S/C18H18N4O3.C9H10F3NO/c1-11-8-20-18(21-15(10-23)12-5-3-2-4-6-12)22-16(11)13-7-14(17(24)25)19-9-13;10-9(11,12)7-3-1-2-6(4-7)8(13)5-14/h2-9,15,19,23H,10H2,1H3,(H,24,25)(H,20,21,22);1-4,8,14H,5,13H2. The number of halogens is 3. The summed E-state index contributed by atoms with van der Waals surface area (Å²) in [5.74, 6) is -0.665. The summed E-state index contributed by atoms with van der Waals surface area (Å²) in [4.78, 5) is 22.5. The Kier molecular flexibility index (Phi) is 9.77. The van der Waals surface area contributed by atoms with Gasteiger partial charge in [-0.1, -0.05) is 42.5 Å². The minimum Gasteiger partial charge on any atom is -0.477 e. The van der Waals surface area contributed by atoms with Crippen LogP contribution in [0.25, 0.3) is 11.3 Å². The Balaban J connectivity index is 0.000000255. The van der Waals surface area contributed by atoms with E-state index in [0.29, 0.717) is 17.2 Å². The molecule has 2 aromatic carbocycles. The Morgan fingerprint density at radius 2 is 1.74 bits per heavy atom. The number of aliphatic hydroxyl groups is 2. The fourth-order valence-corrected chi connectivity index (χ4v) is 3.58. The minimum absolute atomic E-state index is 0.0973. The van der Waals surface area contributed by atoms with Crippen LogP contribution in [0.4, 0.5) is 19.1 Å². The molecule has 206 valence electrons. The summed E-state index contributed by atoms with van der Waals surface area (Å²) in [6.07, 6.45) is -1.11. The summed E-state index contributed by atoms with van der Waals surface area (Å²) < 4.78 is 36.7. The molecule has 0 radical (unpaired) electrons. The van der Waals surface area contributed by atoms with Gasteiger partial charge < -0.3 is 31.4 Å². The highest BCUT2D eigenvalue weighted by Gasteiger charge is 2.30. The van der Waals surface area contributed by atoms with Gasteiger partial charge in [0.25, 0.3) is 0 Å². The van der Waals surface area contributed by atoms with E-state index in [1.807, 2.05) is 37.3 Å². The highest BCUT2D eigenvalue weighted by atomic mass is 19.4. The van der Waals surface area contributed by atoms with E-state index in [1.165, 1.54) is 18.2 Å². The maximum absolute atomic E-state index is 12.2. The first-order valence-electron chi connectivity index (χ1n) is 11.7. The molecule has 0 saturated heterocycles. The van der Waals surface area contributed by atoms with Gasteiger partial charge in [0.15, 0.2) is 0 Å². The number of hydrogen-bond donors (Lipinski definition) is 6. The van der Waals surface area contributed by atoms with Gasteiger partial charge in [-0.3, -0.25) is 0 Å². The van der Waals surface area contributed by atoms with E-state index in [4.69, 9.17) is 15.9 Å². The first-order valence-corrected chi connectivity index (χ1v) is 11.7. The number of carboxylic acid groups (broad SMARTS) is 1. The second kappa shape index (κ2) is 13.0. The zero-order chi connectivity index (χ0) is 28.6. The maximum Gasteiger partial charge on any atom is 0.416 e. The number of nitrogens with two attached hydrogens (primary N) is 1. The summed E-state index contributed by atoms with van der Waals surface area (Å²) in [6.45, 7) is 1.37. The van der Waals surface area contributed by atoms with Gasteiger partial charge in [-0.25, -0.2) is 14.8 Å². The molecule has 0 aliphatic carbocycles. The van der Waals surface area contributed by atoms with E-state index in [-0.39, 0.29) is 30.5 Å². The average molecular weight is 544 g/mol. The van der Waals surface area contributed by atoms with Crippen LogP contribution >= 0.6 is 0 Å². The van der Waals surface area contributed by atoms with Gasteiger partial charge in [0, 0.05) is 18.0 Å². The van der Waals surface area contributed by atoms with Crippen molar-refractivity contribution in [2.45, 2.75) is 25.2 Å². The number of benzene rings is 2. The van der Waals surface area contributed by atoms with Crippen LogP contribution in [0.1, 0.15) is 44.8 Å². The molecule has 0 saturated carbocycles. The number of aromatic amines is 1. The van der Waals surface area contributed by atoms with Crippen LogP contribution in [-0.4, -0.2) is 49.5 Å². The Labute approximate surface area is 222 Å². The lowest BCUT2D eigenvalue weighted by Gasteiger charge is -2.17. The van der Waals surface area contributed by atoms with Crippen molar-refractivity contribution >= 4 is 11.9 Å². The predicted octanol–water partition coefficient (Wildman–Crippen LogP) is 4.32. The molecule has 4 rings (SSSR count). The normalized spacial score (nSPS) is 12.7. The number of aliphatic hydroxyl groups excluding tert-OH is 2. The molecule has 2 unspecified atom stereocenters. The third-order valence-corrected chi connectivity index (χ3v) is 5.69. The van der Waals surface area contributed by atoms with E-state index in [9.17, 15) is 23.1 Å². The quantitative estimate of drug-likeness (QED) is 0.192. The van der Waals surface area contributed by atoms with Crippen LogP contribution in [-0.2, 0) is 6.18 Å². The number of carbonyl (C=O) groups is 1. The van der Waals surface area contributed by atoms with Crippen LogP contribution in [0.5, 0.6) is 0 Å². The van der Waals surface area contributed by atoms with Crippen LogP contribution in [0.2, 0.25) is 0 Å². The van der Waals surface area contributed by atoms with Crippen molar-refractivity contribution in [2.75, 3.05) is 18.5 Å². The number of nitrogens with one attached hydrogen (secondary N) is 2. The molecule has 7 N–H and O–H groups in total. The van der Waals surface area contributed by atoms with Gasteiger partial charge in [-0.05, 0) is 41.8 Å². The van der Waals surface area contributed by atoms with Crippen molar-refractivity contribution in [1.82, 2.24) is 15.0 Å². The molecule has 0 aliphatic rings. The van der Waals surface area contributed by atoms with E-state index >= 15 is 0 Å². The minimum atomic E-state index is -4.37. The first-order chi connectivity index (χ1) is 18.5. The number of hydrogen-bond acceptors (Lipinski definition) is 7. The number of aryl methyl sites for hydroxylation is 1. The molecule has 0 spiro atoms. The molecule has 0 bridgehead atoms. The summed E-state index contributed by atoms with van der Waals surface area (Å²) in [7, 11) is 0. The average Bonchev–Trinajstić information content (AvgIpc) is 3.43. The highest BCUT2D eigenvalue weighted by Crippen LogP contribution is 2.30. The molecular weight excluding hydrogens is 515 g/mol. The second-order valence-corrected chi connectivity index (χ2v) is 8.53. The highest BCUT2D eigenvalue weighted by molar-refractivity contribution is 5.87. The summed E-state index contributed by atoms with van der Waals surface area (Å²) in [5.41, 5.74) is 8.06. The van der Waals surface area contributed by atoms with Gasteiger partial charge >= 0.3 is 12.1 Å². The van der Waals surface area contributed by atoms with E-state index < -0.39 is 23.8 Å². The van der Waals surface area contributed by atoms with Crippen LogP contribution in [0, 0.1) is 6.92 Å². The molecule has 2 aromatic heterocycles. The number of rotatable bonds is 8. The molecule has 2 heterocycles. The lowest BCUT2D eigenvalue weighted by atomic mass is 10.1. The zero-order valence-electron chi connectivity index (χ0n) is 20.9. The maximum atomic E-state index is 12.2. The molecule has 4 aromatic rings. The lowest BCUT2D eigenvalue weighted by molar-refractivity contribution is -0.137. The third-order valence-electron chi connectivity index (χ3n) is 5.69. The number of aromatic carboxylic acids is 1. The van der Waals surface area contributed by atoms with Crippen LogP contribution in [0.3, 0.4) is 0 Å². The number of alkyl halides is 3. The molecule has 12 heteroatoms. The molecular formula is C27H28F3N5O4. The topological polar surface area (TPSA) is 157 Å². The van der Waals surface area contributed by atoms with Gasteiger partial charge in [-0.2, -0.15) is 13.2 Å². The summed E-state index contributed by atoms with van der Waals surface area (Å²) in [5, 5.41) is 30.5. The smallest absolute Gasteiger partial charge is 0.416 e. The van der Waals surface area contributed by atoms with Crippen molar-refractivity contribution < 1.29 is 33.3 Å². The second-order valence-electron chi connectivity index (χ2n) is 8.53. The number of H-pyrrole nitrogens is 1. The SMILES string of the molecule is Cc1cnc(NC(CO)c2ccccc2)nc1-c1c[nH]c(C(=O)O)c1.NC(CO)c1cccc(C(F)(F)F)c1. The molecule has 0 fully saturated rings. The molecule has 0 aliphatic heterocycles. The molecule has 2 atom stereocenters. The van der Waals surface area contributed by atoms with Crippen molar-refractivity contribution in [1.29, 1.82) is 0 Å². The molecule has 39 heavy (non-hydrogen) atoms. The monoisotopic (exact) mass is 543 g/mol. The van der Waals surface area contributed by atoms with Crippen molar-refractivity contribution in [3.8, 4) is 11.3 Å². The fourth-order valence-electron chi connectivity index (χ4n) is 3.58. The Bertz CT molecular complexity index is 1380. The van der Waals surface area contributed by atoms with Gasteiger partial charge in [0.05, 0.1) is 36.6 Å². The Morgan fingerprint density at radius 3 is 2.33 bits per heavy atom. The lowest BCUT2D eigenvalue weighted by Crippen LogP contribution is -2.16. The van der Waals surface area contributed by atoms with Crippen molar-refractivity contribution in [3.63, 3.8) is 0 Å². The van der Waals surface area contributed by atoms with E-state index in [2.05, 4.69) is 20.3 Å². The van der Waals surface area contributed by atoms with Crippen molar-refractivity contribution in [3.05, 3.63) is 101 Å². The van der Waals surface area contributed by atoms with E-state index in [0.717, 1.165) is 23.3 Å². The van der Waals surface area contributed by atoms with Crippen LogP contribution in [0.15, 0.2) is 73.1 Å². The van der Waals surface area contributed by atoms with Crippen LogP contribution < -0.4 is 11.1 Å². The first kappa shape index (κ1) is 29.3. The third kappa shape index (κ3) is 7.87. The van der Waals surface area contributed by atoms with Gasteiger partial charge in [0.2, 0.25) is 5.95 Å². The van der Waals surface area contributed by atoms with Gasteiger partial charge in [0.1, 0.15) is 5.69 Å². The number of aromatic nitrogens is 3. The van der Waals surface area contributed by atoms with Gasteiger partial charge in [-0.15, -0.1) is 0 Å². The largest absolute Gasteiger partial charge is 0.477 e. The zero-order valence-corrected chi connectivity index (χ0v) is 20.9. The fraction of sp³-hybridized carbons (Fsp3) is 0.222. The summed E-state index contributed by atoms with van der Waals surface area (Å²) >= 11 is 0. The molecule has 9 nitrogen and oxygen atoms in total. The molecule has 0 amide bonds. The predicted molar refractivity (Wildman–Crippen MR) is 139 cm³/mol. The Hall–Kier alpha value is -4.26.